The maximum absolute atomic E-state index is 11.9. The fraction of sp³-hybridized carbons (Fsp3) is 0.667. The summed E-state index contributed by atoms with van der Waals surface area (Å²) in [6.45, 7) is 16.7. The van der Waals surface area contributed by atoms with Gasteiger partial charge in [0.05, 0.1) is 12.7 Å². The van der Waals surface area contributed by atoms with Crippen LogP contribution in [0.5, 0.6) is 0 Å². The third-order valence-corrected chi connectivity index (χ3v) is 12.5. The average Bonchev–Trinajstić information content (AvgIpc) is 2.56. The molecule has 1 aromatic rings. The first-order valence-electron chi connectivity index (χ1n) is 9.59. The number of ether oxygens (including phenoxy) is 1. The van der Waals surface area contributed by atoms with E-state index in [9.17, 15) is 4.79 Å². The molecule has 0 bridgehead atoms. The van der Waals surface area contributed by atoms with Crippen LogP contribution >= 0.6 is 15.9 Å². The van der Waals surface area contributed by atoms with Crippen molar-refractivity contribution in [2.75, 3.05) is 13.7 Å². The van der Waals surface area contributed by atoms with Gasteiger partial charge in [-0.2, -0.15) is 0 Å². The number of benzene rings is 1. The van der Waals surface area contributed by atoms with Crippen molar-refractivity contribution in [3.63, 3.8) is 0 Å². The standard InChI is InChI=1S/C21H35BrO3Si/c1-14(2)26(15(3)4,16(5)6)25-11-9-10-18-12-19(21(23)24-8)13-20(22)17(18)7/h12-16H,9-11H2,1-8H3. The molecule has 3 nitrogen and oxygen atoms in total. The van der Waals surface area contributed by atoms with Crippen LogP contribution in [0.15, 0.2) is 16.6 Å². The van der Waals surface area contributed by atoms with Crippen molar-refractivity contribution < 1.29 is 14.0 Å². The Morgan fingerprint density at radius 3 is 2.08 bits per heavy atom. The summed E-state index contributed by atoms with van der Waals surface area (Å²) >= 11 is 3.56. The molecule has 1 rings (SSSR count). The maximum atomic E-state index is 11.9. The van der Waals surface area contributed by atoms with E-state index in [4.69, 9.17) is 9.16 Å². The number of rotatable bonds is 9. The second-order valence-corrected chi connectivity index (χ2v) is 14.3. The van der Waals surface area contributed by atoms with Crippen LogP contribution in [-0.4, -0.2) is 28.0 Å². The van der Waals surface area contributed by atoms with E-state index >= 15 is 0 Å². The molecule has 0 aromatic heterocycles. The average molecular weight is 443 g/mol. The highest BCUT2D eigenvalue weighted by Crippen LogP contribution is 2.42. The molecule has 0 amide bonds. The quantitative estimate of drug-likeness (QED) is 0.243. The zero-order chi connectivity index (χ0) is 20.1. The van der Waals surface area contributed by atoms with Gasteiger partial charge >= 0.3 is 5.97 Å². The lowest BCUT2D eigenvalue weighted by atomic mass is 10.0. The van der Waals surface area contributed by atoms with Gasteiger partial charge in [-0.1, -0.05) is 57.5 Å². The van der Waals surface area contributed by atoms with Gasteiger partial charge < -0.3 is 9.16 Å². The summed E-state index contributed by atoms with van der Waals surface area (Å²) in [4.78, 5) is 11.9. The Morgan fingerprint density at radius 2 is 1.62 bits per heavy atom. The van der Waals surface area contributed by atoms with Crippen LogP contribution in [0, 0.1) is 6.92 Å². The molecule has 0 aliphatic rings. The normalized spacial score (nSPS) is 12.3. The molecule has 0 heterocycles. The minimum atomic E-state index is -1.81. The fourth-order valence-corrected chi connectivity index (χ4v) is 10.2. The van der Waals surface area contributed by atoms with E-state index < -0.39 is 8.32 Å². The third-order valence-electron chi connectivity index (χ3n) is 5.52. The molecule has 148 valence electrons. The lowest BCUT2D eigenvalue weighted by molar-refractivity contribution is 0.0600. The second kappa shape index (κ2) is 10.0. The van der Waals surface area contributed by atoms with Crippen molar-refractivity contribution in [1.82, 2.24) is 0 Å². The Morgan fingerprint density at radius 1 is 1.08 bits per heavy atom. The van der Waals surface area contributed by atoms with Gasteiger partial charge in [0.25, 0.3) is 0 Å². The van der Waals surface area contributed by atoms with Crippen LogP contribution in [-0.2, 0) is 15.6 Å². The first-order valence-corrected chi connectivity index (χ1v) is 12.5. The molecule has 26 heavy (non-hydrogen) atoms. The smallest absolute Gasteiger partial charge is 0.337 e. The summed E-state index contributed by atoms with van der Waals surface area (Å²) in [5.41, 5.74) is 4.74. The topological polar surface area (TPSA) is 35.5 Å². The number of carbonyl (C=O) groups excluding carboxylic acids is 1. The minimum Gasteiger partial charge on any atom is -0.465 e. The van der Waals surface area contributed by atoms with Crippen molar-refractivity contribution in [3.05, 3.63) is 33.3 Å². The molecular weight excluding hydrogens is 408 g/mol. The van der Waals surface area contributed by atoms with Gasteiger partial charge in [-0.05, 0) is 59.6 Å². The molecule has 0 fully saturated rings. The monoisotopic (exact) mass is 442 g/mol. The molecule has 0 spiro atoms. The van der Waals surface area contributed by atoms with Gasteiger partial charge in [0.1, 0.15) is 0 Å². The molecule has 5 heteroatoms. The van der Waals surface area contributed by atoms with Crippen molar-refractivity contribution in [2.24, 2.45) is 0 Å². The van der Waals surface area contributed by atoms with E-state index in [0.717, 1.165) is 23.9 Å². The Bertz CT molecular complexity index is 590. The van der Waals surface area contributed by atoms with Crippen LogP contribution in [0.1, 0.15) is 69.4 Å². The number of halogens is 1. The minimum absolute atomic E-state index is 0.297. The van der Waals surface area contributed by atoms with Crippen molar-refractivity contribution in [1.29, 1.82) is 0 Å². The van der Waals surface area contributed by atoms with Crippen molar-refractivity contribution in [2.45, 2.75) is 77.9 Å². The van der Waals surface area contributed by atoms with Crippen LogP contribution in [0.2, 0.25) is 16.6 Å². The van der Waals surface area contributed by atoms with Crippen LogP contribution in [0.25, 0.3) is 0 Å². The number of aryl methyl sites for hydroxylation is 1. The van der Waals surface area contributed by atoms with Crippen molar-refractivity contribution >= 4 is 30.2 Å². The van der Waals surface area contributed by atoms with E-state index in [2.05, 4.69) is 64.4 Å². The highest BCUT2D eigenvalue weighted by atomic mass is 79.9. The predicted octanol–water partition coefficient (Wildman–Crippen LogP) is 6.67. The number of hydrogen-bond acceptors (Lipinski definition) is 3. The molecule has 0 aliphatic carbocycles. The maximum Gasteiger partial charge on any atom is 0.337 e. The first kappa shape index (κ1) is 23.4. The SMILES string of the molecule is COC(=O)c1cc(Br)c(C)c(CCCO[Si](C(C)C)(C(C)C)C(C)C)c1. The molecule has 0 N–H and O–H groups in total. The highest BCUT2D eigenvalue weighted by Gasteiger charge is 2.44. The Balaban J connectivity index is 2.84. The number of methoxy groups -OCH3 is 1. The summed E-state index contributed by atoms with van der Waals surface area (Å²) in [7, 11) is -0.394. The van der Waals surface area contributed by atoms with Gasteiger partial charge in [-0.15, -0.1) is 0 Å². The van der Waals surface area contributed by atoms with E-state index in [1.54, 1.807) is 0 Å². The lowest BCUT2D eigenvalue weighted by Gasteiger charge is -2.42. The number of hydrogen-bond donors (Lipinski definition) is 0. The zero-order valence-corrected chi connectivity index (χ0v) is 20.2. The van der Waals surface area contributed by atoms with Crippen LogP contribution in [0.3, 0.4) is 0 Å². The van der Waals surface area contributed by atoms with Gasteiger partial charge in [0.2, 0.25) is 0 Å². The summed E-state index contributed by atoms with van der Waals surface area (Å²) in [6, 6.07) is 3.78. The molecule has 1 aromatic carbocycles. The first-order chi connectivity index (χ1) is 12.1. The molecule has 0 aliphatic heterocycles. The van der Waals surface area contributed by atoms with Gasteiger partial charge in [-0.3, -0.25) is 0 Å². The Kier molecular flexibility index (Phi) is 9.04. The van der Waals surface area contributed by atoms with E-state index in [-0.39, 0.29) is 5.97 Å². The Hall–Kier alpha value is -0.653. The molecule has 0 radical (unpaired) electrons. The molecule has 0 saturated carbocycles. The second-order valence-electron chi connectivity index (χ2n) is 8.00. The number of carbonyl (C=O) groups is 1. The van der Waals surface area contributed by atoms with Gasteiger partial charge in [0.15, 0.2) is 8.32 Å². The predicted molar refractivity (Wildman–Crippen MR) is 116 cm³/mol. The van der Waals surface area contributed by atoms with Crippen LogP contribution in [0.4, 0.5) is 0 Å². The largest absolute Gasteiger partial charge is 0.465 e. The molecule has 0 atom stereocenters. The summed E-state index contributed by atoms with van der Waals surface area (Å²) in [5.74, 6) is -0.297. The highest BCUT2D eigenvalue weighted by molar-refractivity contribution is 9.10. The fourth-order valence-electron chi connectivity index (χ4n) is 4.24. The molecule has 0 saturated heterocycles. The zero-order valence-electron chi connectivity index (χ0n) is 17.6. The molecular formula is C21H35BrO3Si. The van der Waals surface area contributed by atoms with Crippen molar-refractivity contribution in [3.8, 4) is 0 Å². The third kappa shape index (κ3) is 5.20. The van der Waals surface area contributed by atoms with E-state index in [1.807, 2.05) is 12.1 Å². The Labute approximate surface area is 169 Å². The number of esters is 1. The lowest BCUT2D eigenvalue weighted by Crippen LogP contribution is -2.48. The van der Waals surface area contributed by atoms with Gasteiger partial charge in [0, 0.05) is 11.1 Å². The summed E-state index contributed by atoms with van der Waals surface area (Å²) in [6.07, 6.45) is 1.85. The summed E-state index contributed by atoms with van der Waals surface area (Å²) in [5, 5.41) is 0. The molecule has 0 unspecified atom stereocenters. The van der Waals surface area contributed by atoms with Crippen LogP contribution < -0.4 is 0 Å². The van der Waals surface area contributed by atoms with E-state index in [0.29, 0.717) is 22.2 Å². The van der Waals surface area contributed by atoms with E-state index in [1.165, 1.54) is 18.2 Å². The summed E-state index contributed by atoms with van der Waals surface area (Å²) < 4.78 is 12.4. The van der Waals surface area contributed by atoms with Gasteiger partial charge in [-0.25, -0.2) is 4.79 Å².